The molecule has 0 radical (unpaired) electrons. The first-order valence-electron chi connectivity index (χ1n) is 4.66. The summed E-state index contributed by atoms with van der Waals surface area (Å²) in [5.41, 5.74) is 6.06. The standard InChI is InChI=1S/C10H14ClNO2S/c1-2-14-5-6-15(13)8-3-4-10(12)9(11)7-8/h3-4,7H,2,5-6,12H2,1H3. The molecule has 84 valence electrons. The van der Waals surface area contributed by atoms with Crippen LogP contribution in [0.25, 0.3) is 0 Å². The molecule has 1 aromatic rings. The van der Waals surface area contributed by atoms with E-state index >= 15 is 0 Å². The fourth-order valence-corrected chi connectivity index (χ4v) is 2.27. The molecule has 0 fully saturated rings. The third-order valence-corrected chi connectivity index (χ3v) is 3.50. The highest BCUT2D eigenvalue weighted by Gasteiger charge is 2.05. The van der Waals surface area contributed by atoms with Crippen LogP contribution in [0, 0.1) is 0 Å². The van der Waals surface area contributed by atoms with Gasteiger partial charge in [-0.3, -0.25) is 4.21 Å². The Morgan fingerprint density at radius 1 is 1.53 bits per heavy atom. The van der Waals surface area contributed by atoms with Crippen LogP contribution in [0.2, 0.25) is 5.02 Å². The number of rotatable bonds is 5. The number of anilines is 1. The van der Waals surface area contributed by atoms with E-state index in [2.05, 4.69) is 0 Å². The highest BCUT2D eigenvalue weighted by molar-refractivity contribution is 7.85. The normalized spacial score (nSPS) is 12.7. The lowest BCUT2D eigenvalue weighted by atomic mass is 10.3. The molecule has 5 heteroatoms. The summed E-state index contributed by atoms with van der Waals surface area (Å²) in [6.45, 7) is 3.04. The van der Waals surface area contributed by atoms with Gasteiger partial charge in [-0.15, -0.1) is 0 Å². The predicted octanol–water partition coefficient (Wildman–Crippen LogP) is 2.07. The summed E-state index contributed by atoms with van der Waals surface area (Å²) in [5.74, 6) is 0.480. The number of halogens is 1. The van der Waals surface area contributed by atoms with Crippen molar-refractivity contribution in [3.05, 3.63) is 23.2 Å². The fraction of sp³-hybridized carbons (Fsp3) is 0.400. The van der Waals surface area contributed by atoms with Crippen LogP contribution < -0.4 is 5.73 Å². The summed E-state index contributed by atoms with van der Waals surface area (Å²) in [6.07, 6.45) is 0. The number of ether oxygens (including phenoxy) is 1. The SMILES string of the molecule is CCOCCS(=O)c1ccc(N)c(Cl)c1. The third-order valence-electron chi connectivity index (χ3n) is 1.85. The molecular weight excluding hydrogens is 234 g/mol. The maximum absolute atomic E-state index is 11.7. The second-order valence-corrected chi connectivity index (χ2v) is 4.91. The van der Waals surface area contributed by atoms with E-state index in [-0.39, 0.29) is 0 Å². The zero-order valence-electron chi connectivity index (χ0n) is 8.53. The smallest absolute Gasteiger partial charge is 0.0647 e. The molecule has 3 nitrogen and oxygen atoms in total. The lowest BCUT2D eigenvalue weighted by molar-refractivity contribution is 0.164. The Bertz CT molecular complexity index is 357. The fourth-order valence-electron chi connectivity index (χ4n) is 1.05. The predicted molar refractivity (Wildman–Crippen MR) is 63.6 cm³/mol. The molecule has 2 N–H and O–H groups in total. The minimum Gasteiger partial charge on any atom is -0.398 e. The van der Waals surface area contributed by atoms with Crippen LogP contribution in [0.5, 0.6) is 0 Å². The van der Waals surface area contributed by atoms with Crippen LogP contribution in [0.1, 0.15) is 6.92 Å². The summed E-state index contributed by atoms with van der Waals surface area (Å²) in [7, 11) is -1.07. The van der Waals surface area contributed by atoms with Crippen molar-refractivity contribution in [3.63, 3.8) is 0 Å². The van der Waals surface area contributed by atoms with E-state index in [1.807, 2.05) is 6.92 Å². The Balaban J connectivity index is 2.62. The van der Waals surface area contributed by atoms with Crippen molar-refractivity contribution < 1.29 is 8.95 Å². The number of nitrogens with two attached hydrogens (primary N) is 1. The average Bonchev–Trinajstić information content (AvgIpc) is 2.22. The van der Waals surface area contributed by atoms with Crippen LogP contribution in [0.3, 0.4) is 0 Å². The summed E-state index contributed by atoms with van der Waals surface area (Å²) in [6, 6.07) is 5.03. The van der Waals surface area contributed by atoms with E-state index in [1.54, 1.807) is 18.2 Å². The minimum atomic E-state index is -1.07. The molecule has 1 atom stereocenters. The van der Waals surface area contributed by atoms with E-state index in [1.165, 1.54) is 0 Å². The third kappa shape index (κ3) is 3.81. The van der Waals surface area contributed by atoms with Crippen molar-refractivity contribution in [3.8, 4) is 0 Å². The Hall–Kier alpha value is -0.580. The molecule has 0 aliphatic carbocycles. The second-order valence-electron chi connectivity index (χ2n) is 2.93. The Morgan fingerprint density at radius 3 is 2.87 bits per heavy atom. The van der Waals surface area contributed by atoms with Gasteiger partial charge >= 0.3 is 0 Å². The number of nitrogen functional groups attached to an aromatic ring is 1. The summed E-state index contributed by atoms with van der Waals surface area (Å²) in [4.78, 5) is 0.689. The molecular formula is C10H14ClNO2S. The van der Waals surface area contributed by atoms with Crippen LogP contribution in [-0.2, 0) is 15.5 Å². The average molecular weight is 248 g/mol. The molecule has 0 spiro atoms. The Kier molecular flexibility index (Phi) is 5.08. The van der Waals surface area contributed by atoms with Crippen molar-refractivity contribution in [2.24, 2.45) is 0 Å². The zero-order valence-corrected chi connectivity index (χ0v) is 10.1. The van der Waals surface area contributed by atoms with Crippen molar-refractivity contribution in [2.75, 3.05) is 24.7 Å². The topological polar surface area (TPSA) is 52.3 Å². The monoisotopic (exact) mass is 247 g/mol. The lowest BCUT2D eigenvalue weighted by Crippen LogP contribution is -2.06. The molecule has 0 bridgehead atoms. The van der Waals surface area contributed by atoms with Gasteiger partial charge in [0.1, 0.15) is 0 Å². The minimum absolute atomic E-state index is 0.442. The van der Waals surface area contributed by atoms with Crippen molar-refractivity contribution >= 4 is 28.1 Å². The van der Waals surface area contributed by atoms with Gasteiger partial charge in [-0.25, -0.2) is 0 Å². The largest absolute Gasteiger partial charge is 0.398 e. The Morgan fingerprint density at radius 2 is 2.27 bits per heavy atom. The molecule has 1 unspecified atom stereocenters. The van der Waals surface area contributed by atoms with Gasteiger partial charge in [-0.2, -0.15) is 0 Å². The molecule has 1 rings (SSSR count). The van der Waals surface area contributed by atoms with Crippen LogP contribution >= 0.6 is 11.6 Å². The molecule has 0 saturated carbocycles. The second kappa shape index (κ2) is 6.10. The van der Waals surface area contributed by atoms with Gasteiger partial charge in [-0.05, 0) is 25.1 Å². The van der Waals surface area contributed by atoms with Gasteiger partial charge in [0.15, 0.2) is 0 Å². The number of hydrogen-bond donors (Lipinski definition) is 1. The summed E-state index contributed by atoms with van der Waals surface area (Å²) in [5, 5.41) is 0.442. The molecule has 0 aromatic heterocycles. The quantitative estimate of drug-likeness (QED) is 0.640. The van der Waals surface area contributed by atoms with E-state index in [0.29, 0.717) is 34.6 Å². The summed E-state index contributed by atoms with van der Waals surface area (Å²) < 4.78 is 16.8. The number of benzene rings is 1. The van der Waals surface area contributed by atoms with E-state index < -0.39 is 10.8 Å². The van der Waals surface area contributed by atoms with Crippen molar-refractivity contribution in [1.82, 2.24) is 0 Å². The van der Waals surface area contributed by atoms with Crippen molar-refractivity contribution in [1.29, 1.82) is 0 Å². The zero-order chi connectivity index (χ0) is 11.3. The van der Waals surface area contributed by atoms with Crippen LogP contribution in [-0.4, -0.2) is 23.2 Å². The number of hydrogen-bond acceptors (Lipinski definition) is 3. The highest BCUT2D eigenvalue weighted by atomic mass is 35.5. The van der Waals surface area contributed by atoms with Gasteiger partial charge < -0.3 is 10.5 Å². The summed E-state index contributed by atoms with van der Waals surface area (Å²) >= 11 is 5.83. The van der Waals surface area contributed by atoms with E-state index in [4.69, 9.17) is 22.1 Å². The van der Waals surface area contributed by atoms with Crippen LogP contribution in [0.4, 0.5) is 5.69 Å². The maximum Gasteiger partial charge on any atom is 0.0647 e. The molecule has 15 heavy (non-hydrogen) atoms. The van der Waals surface area contributed by atoms with Gasteiger partial charge in [0.25, 0.3) is 0 Å². The van der Waals surface area contributed by atoms with Gasteiger partial charge in [0, 0.05) is 11.5 Å². The first-order valence-corrected chi connectivity index (χ1v) is 6.36. The highest BCUT2D eigenvalue weighted by Crippen LogP contribution is 2.21. The lowest BCUT2D eigenvalue weighted by Gasteiger charge is -2.04. The first kappa shape index (κ1) is 12.5. The van der Waals surface area contributed by atoms with Gasteiger partial charge in [0.2, 0.25) is 0 Å². The van der Waals surface area contributed by atoms with Gasteiger partial charge in [0.05, 0.1) is 33.9 Å². The molecule has 0 amide bonds. The Labute approximate surface area is 97.0 Å². The van der Waals surface area contributed by atoms with Crippen molar-refractivity contribution in [2.45, 2.75) is 11.8 Å². The first-order chi connectivity index (χ1) is 7.15. The molecule has 0 aliphatic rings. The van der Waals surface area contributed by atoms with Gasteiger partial charge in [-0.1, -0.05) is 11.6 Å². The van der Waals surface area contributed by atoms with E-state index in [9.17, 15) is 4.21 Å². The van der Waals surface area contributed by atoms with Crippen LogP contribution in [0.15, 0.2) is 23.1 Å². The molecule has 0 heterocycles. The van der Waals surface area contributed by atoms with E-state index in [0.717, 1.165) is 0 Å². The molecule has 1 aromatic carbocycles. The molecule has 0 aliphatic heterocycles. The molecule has 0 saturated heterocycles. The maximum atomic E-state index is 11.7.